The highest BCUT2D eigenvalue weighted by molar-refractivity contribution is 6.32. The van der Waals surface area contributed by atoms with Crippen LogP contribution < -0.4 is 20.1 Å². The van der Waals surface area contributed by atoms with E-state index >= 15 is 0 Å². The number of nitrogens with one attached hydrogen (secondary N) is 2. The van der Waals surface area contributed by atoms with Gasteiger partial charge in [-0.1, -0.05) is 29.3 Å². The van der Waals surface area contributed by atoms with Gasteiger partial charge in [0.2, 0.25) is 0 Å². The van der Waals surface area contributed by atoms with E-state index in [1.54, 1.807) is 0 Å². The lowest BCUT2D eigenvalue weighted by molar-refractivity contribution is -0.118. The van der Waals surface area contributed by atoms with E-state index in [1.807, 2.05) is 50.2 Å². The van der Waals surface area contributed by atoms with E-state index in [0.29, 0.717) is 29.2 Å². The predicted molar refractivity (Wildman–Crippen MR) is 136 cm³/mol. The van der Waals surface area contributed by atoms with Gasteiger partial charge in [0, 0.05) is 18.3 Å². The minimum absolute atomic E-state index is 0.140. The molecule has 4 bridgehead atoms. The summed E-state index contributed by atoms with van der Waals surface area (Å²) in [6.45, 7) is 5.06. The maximum Gasteiger partial charge on any atom is 0.262 e. The first-order valence-electron chi connectivity index (χ1n) is 12.7. The molecule has 0 aliphatic heterocycles. The highest BCUT2D eigenvalue weighted by Crippen LogP contribution is 2.53. The van der Waals surface area contributed by atoms with Crippen molar-refractivity contribution in [2.24, 2.45) is 23.7 Å². The van der Waals surface area contributed by atoms with Crippen molar-refractivity contribution >= 4 is 23.2 Å². The minimum Gasteiger partial charge on any atom is -0.490 e. The number of rotatable bonds is 9. The smallest absolute Gasteiger partial charge is 0.262 e. The zero-order valence-electron chi connectivity index (χ0n) is 20.1. The molecule has 0 unspecified atom stereocenters. The normalized spacial score (nSPS) is 27.0. The SMILES string of the molecule is CCOc1cc(CNC2C3CC4CC(C3)CC2C4)cc(Cl)c1OCC(=O)Nc1ccc(C)cc1. The van der Waals surface area contributed by atoms with Crippen molar-refractivity contribution < 1.29 is 14.3 Å². The molecule has 0 radical (unpaired) electrons. The average molecular weight is 483 g/mol. The lowest BCUT2D eigenvalue weighted by Gasteiger charge is -2.54. The fraction of sp³-hybridized carbons (Fsp3) is 0.536. The Kier molecular flexibility index (Phi) is 7.03. The van der Waals surface area contributed by atoms with Crippen LogP contribution in [0.3, 0.4) is 0 Å². The van der Waals surface area contributed by atoms with Crippen molar-refractivity contribution in [3.05, 3.63) is 52.5 Å². The van der Waals surface area contributed by atoms with Crippen molar-refractivity contribution in [3.63, 3.8) is 0 Å². The van der Waals surface area contributed by atoms with Crippen molar-refractivity contribution in [1.82, 2.24) is 5.32 Å². The lowest BCUT2D eigenvalue weighted by Crippen LogP contribution is -2.54. The maximum absolute atomic E-state index is 12.4. The Labute approximate surface area is 207 Å². The molecule has 2 N–H and O–H groups in total. The van der Waals surface area contributed by atoms with Crippen molar-refractivity contribution in [3.8, 4) is 11.5 Å². The molecule has 2 aromatic rings. The molecular formula is C28H35ClN2O3. The van der Waals surface area contributed by atoms with Gasteiger partial charge in [0.25, 0.3) is 5.91 Å². The maximum atomic E-state index is 12.4. The molecule has 2 aromatic carbocycles. The summed E-state index contributed by atoms with van der Waals surface area (Å²) in [5.41, 5.74) is 2.96. The van der Waals surface area contributed by atoms with Gasteiger partial charge in [-0.2, -0.15) is 0 Å². The zero-order valence-corrected chi connectivity index (χ0v) is 20.9. The van der Waals surface area contributed by atoms with Crippen LogP contribution in [0, 0.1) is 30.6 Å². The number of anilines is 1. The molecule has 1 amide bonds. The van der Waals surface area contributed by atoms with Crippen LogP contribution >= 0.6 is 11.6 Å². The molecule has 0 aromatic heterocycles. The molecule has 4 aliphatic carbocycles. The minimum atomic E-state index is -0.241. The first-order chi connectivity index (χ1) is 16.5. The molecule has 6 rings (SSSR count). The zero-order chi connectivity index (χ0) is 23.7. The van der Waals surface area contributed by atoms with Crippen LogP contribution in [0.25, 0.3) is 0 Å². The number of hydrogen-bond acceptors (Lipinski definition) is 4. The topological polar surface area (TPSA) is 59.6 Å². The monoisotopic (exact) mass is 482 g/mol. The second-order valence-electron chi connectivity index (χ2n) is 10.4. The van der Waals surface area contributed by atoms with E-state index in [9.17, 15) is 4.79 Å². The van der Waals surface area contributed by atoms with Crippen molar-refractivity contribution in [1.29, 1.82) is 0 Å². The van der Waals surface area contributed by atoms with Gasteiger partial charge in [-0.15, -0.1) is 0 Å². The Morgan fingerprint density at radius 2 is 1.68 bits per heavy atom. The van der Waals surface area contributed by atoms with Crippen LogP contribution in [0.5, 0.6) is 11.5 Å². The number of aryl methyl sites for hydroxylation is 1. The summed E-state index contributed by atoms with van der Waals surface area (Å²) in [5.74, 6) is 4.36. The van der Waals surface area contributed by atoms with Gasteiger partial charge in [0.05, 0.1) is 11.6 Å². The first kappa shape index (κ1) is 23.5. The van der Waals surface area contributed by atoms with E-state index in [0.717, 1.165) is 47.0 Å². The van der Waals surface area contributed by atoms with E-state index in [-0.39, 0.29) is 12.5 Å². The molecular weight excluding hydrogens is 448 g/mol. The standard InChI is InChI=1S/C28H35ClN2O3/c1-3-33-25-14-20(15-30-27-21-9-18-8-19(11-21)12-22(27)10-18)13-24(29)28(25)34-16-26(32)31-23-6-4-17(2)5-7-23/h4-7,13-14,18-19,21-22,27,30H,3,8-12,15-16H2,1-2H3,(H,31,32). The molecule has 4 saturated carbocycles. The third-order valence-electron chi connectivity index (χ3n) is 7.82. The molecule has 5 nitrogen and oxygen atoms in total. The van der Waals surface area contributed by atoms with Gasteiger partial charge in [-0.05, 0) is 99.5 Å². The fourth-order valence-electron chi connectivity index (χ4n) is 6.59. The fourth-order valence-corrected chi connectivity index (χ4v) is 6.88. The Morgan fingerprint density at radius 1 is 1.00 bits per heavy atom. The Balaban J connectivity index is 1.21. The molecule has 6 heteroatoms. The Bertz CT molecular complexity index is 995. The van der Waals surface area contributed by atoms with Gasteiger partial charge < -0.3 is 20.1 Å². The highest BCUT2D eigenvalue weighted by Gasteiger charge is 2.47. The molecule has 0 heterocycles. The van der Waals surface area contributed by atoms with Crippen molar-refractivity contribution in [2.45, 2.75) is 58.5 Å². The summed E-state index contributed by atoms with van der Waals surface area (Å²) in [6, 6.07) is 12.2. The summed E-state index contributed by atoms with van der Waals surface area (Å²) in [4.78, 5) is 12.4. The van der Waals surface area contributed by atoms with Gasteiger partial charge >= 0.3 is 0 Å². The third kappa shape index (κ3) is 5.21. The summed E-state index contributed by atoms with van der Waals surface area (Å²) in [5, 5.41) is 7.17. The largest absolute Gasteiger partial charge is 0.490 e. The number of ether oxygens (including phenoxy) is 2. The molecule has 34 heavy (non-hydrogen) atoms. The number of benzene rings is 2. The number of hydrogen-bond donors (Lipinski definition) is 2. The molecule has 182 valence electrons. The number of carbonyl (C=O) groups excluding carboxylic acids is 1. The molecule has 0 spiro atoms. The lowest BCUT2D eigenvalue weighted by atomic mass is 9.54. The highest BCUT2D eigenvalue weighted by atomic mass is 35.5. The van der Waals surface area contributed by atoms with Gasteiger partial charge in [-0.3, -0.25) is 4.79 Å². The molecule has 0 atom stereocenters. The van der Waals surface area contributed by atoms with Crippen LogP contribution in [-0.2, 0) is 11.3 Å². The van der Waals surface area contributed by atoms with Crippen LogP contribution in [0.1, 0.15) is 50.2 Å². The summed E-state index contributed by atoms with van der Waals surface area (Å²) < 4.78 is 11.7. The second kappa shape index (κ2) is 10.2. The van der Waals surface area contributed by atoms with Gasteiger partial charge in [-0.25, -0.2) is 0 Å². The van der Waals surface area contributed by atoms with Crippen LogP contribution in [0.15, 0.2) is 36.4 Å². The number of amides is 1. The number of carbonyl (C=O) groups is 1. The molecule has 4 aliphatic rings. The van der Waals surface area contributed by atoms with Crippen molar-refractivity contribution in [2.75, 3.05) is 18.5 Å². The average Bonchev–Trinajstić information content (AvgIpc) is 2.79. The Morgan fingerprint density at radius 3 is 2.32 bits per heavy atom. The van der Waals surface area contributed by atoms with E-state index in [1.165, 1.54) is 32.1 Å². The molecule has 0 saturated heterocycles. The van der Waals surface area contributed by atoms with Crippen LogP contribution in [0.4, 0.5) is 5.69 Å². The van der Waals surface area contributed by atoms with E-state index < -0.39 is 0 Å². The quantitative estimate of drug-likeness (QED) is 0.461. The van der Waals surface area contributed by atoms with Gasteiger partial charge in [0.1, 0.15) is 0 Å². The summed E-state index contributed by atoms with van der Waals surface area (Å²) in [6.07, 6.45) is 7.05. The van der Waals surface area contributed by atoms with Crippen LogP contribution in [-0.4, -0.2) is 25.2 Å². The van der Waals surface area contributed by atoms with Gasteiger partial charge in [0.15, 0.2) is 18.1 Å². The van der Waals surface area contributed by atoms with E-state index in [2.05, 4.69) is 10.6 Å². The summed E-state index contributed by atoms with van der Waals surface area (Å²) >= 11 is 6.61. The Hall–Kier alpha value is -2.24. The summed E-state index contributed by atoms with van der Waals surface area (Å²) in [7, 11) is 0. The second-order valence-corrected chi connectivity index (χ2v) is 10.8. The van der Waals surface area contributed by atoms with Crippen LogP contribution in [0.2, 0.25) is 5.02 Å². The first-order valence-corrected chi connectivity index (χ1v) is 13.0. The molecule has 4 fully saturated rings. The van der Waals surface area contributed by atoms with E-state index in [4.69, 9.17) is 21.1 Å². The number of halogens is 1. The predicted octanol–water partition coefficient (Wildman–Crippen LogP) is 5.98. The third-order valence-corrected chi connectivity index (χ3v) is 8.10.